The fourth-order valence-electron chi connectivity index (χ4n) is 2.55. The number of hydrogen-bond acceptors (Lipinski definition) is 6. The van der Waals surface area contributed by atoms with E-state index in [2.05, 4.69) is 15.4 Å². The van der Waals surface area contributed by atoms with Gasteiger partial charge in [-0.1, -0.05) is 18.2 Å². The van der Waals surface area contributed by atoms with Gasteiger partial charge in [0.2, 0.25) is 0 Å². The van der Waals surface area contributed by atoms with Gasteiger partial charge in [0.25, 0.3) is 11.6 Å². The summed E-state index contributed by atoms with van der Waals surface area (Å²) in [5, 5.41) is 17.8. The number of nitrogens with one attached hydrogen (secondary N) is 1. The molecule has 1 aromatic carbocycles. The van der Waals surface area contributed by atoms with Gasteiger partial charge in [-0.05, 0) is 18.2 Å². The zero-order chi connectivity index (χ0) is 19.4. The lowest BCUT2D eigenvalue weighted by Gasteiger charge is -2.05. The van der Waals surface area contributed by atoms with Crippen LogP contribution < -0.4 is 11.0 Å². The normalized spacial score (nSPS) is 10.6. The van der Waals surface area contributed by atoms with E-state index in [1.165, 1.54) is 27.4 Å². The topological polar surface area (TPSA) is 125 Å². The van der Waals surface area contributed by atoms with Crippen molar-refractivity contribution in [1.82, 2.24) is 24.6 Å². The summed E-state index contributed by atoms with van der Waals surface area (Å²) in [6, 6.07) is 11.0. The lowest BCUT2D eigenvalue weighted by molar-refractivity contribution is -0.385. The van der Waals surface area contributed by atoms with Crippen LogP contribution in [0.1, 0.15) is 10.4 Å². The second-order valence-corrected chi connectivity index (χ2v) is 5.63. The summed E-state index contributed by atoms with van der Waals surface area (Å²) in [5.41, 5.74) is -0.108. The Morgan fingerprint density at radius 2 is 1.96 bits per heavy atom. The highest BCUT2D eigenvalue weighted by atomic mass is 16.6. The molecule has 0 bridgehead atoms. The van der Waals surface area contributed by atoms with Gasteiger partial charge in [-0.2, -0.15) is 0 Å². The molecule has 0 spiro atoms. The SMILES string of the molecule is Cn1c(-c2ccccn2)nn(CCNC(=O)c2ccccc2[N+](=O)[O-])c1=O. The summed E-state index contributed by atoms with van der Waals surface area (Å²) in [5.74, 6) is -0.179. The third-order valence-electron chi connectivity index (χ3n) is 3.89. The van der Waals surface area contributed by atoms with E-state index in [1.807, 2.05) is 0 Å². The molecule has 0 aliphatic heterocycles. The summed E-state index contributed by atoms with van der Waals surface area (Å²) in [7, 11) is 1.59. The maximum atomic E-state index is 12.3. The first-order valence-corrected chi connectivity index (χ1v) is 8.06. The van der Waals surface area contributed by atoms with Crippen LogP contribution in [-0.2, 0) is 13.6 Å². The van der Waals surface area contributed by atoms with Gasteiger partial charge in [-0.25, -0.2) is 9.48 Å². The molecule has 3 aromatic rings. The number of nitro benzene ring substituents is 1. The second-order valence-electron chi connectivity index (χ2n) is 5.63. The van der Waals surface area contributed by atoms with Crippen molar-refractivity contribution in [2.75, 3.05) is 6.54 Å². The molecular weight excluding hydrogens is 352 g/mol. The van der Waals surface area contributed by atoms with Gasteiger partial charge < -0.3 is 5.32 Å². The second kappa shape index (κ2) is 7.60. The number of nitro groups is 1. The molecule has 0 atom stereocenters. The van der Waals surface area contributed by atoms with Gasteiger partial charge in [0, 0.05) is 25.9 Å². The minimum Gasteiger partial charge on any atom is -0.350 e. The van der Waals surface area contributed by atoms with Crippen LogP contribution in [0.3, 0.4) is 0 Å². The van der Waals surface area contributed by atoms with Crippen LogP contribution in [-0.4, -0.2) is 36.7 Å². The molecule has 0 aliphatic rings. The number of hydrogen-bond donors (Lipinski definition) is 1. The van der Waals surface area contributed by atoms with Crippen LogP contribution in [0, 0.1) is 10.1 Å². The summed E-state index contributed by atoms with van der Waals surface area (Å²) >= 11 is 0. The van der Waals surface area contributed by atoms with E-state index >= 15 is 0 Å². The minimum atomic E-state index is -0.614. The number of aromatic nitrogens is 4. The molecule has 1 amide bonds. The van der Waals surface area contributed by atoms with Crippen molar-refractivity contribution in [3.63, 3.8) is 0 Å². The Labute approximate surface area is 153 Å². The van der Waals surface area contributed by atoms with E-state index < -0.39 is 10.8 Å². The highest BCUT2D eigenvalue weighted by Gasteiger charge is 2.19. The molecule has 0 radical (unpaired) electrons. The molecule has 2 aromatic heterocycles. The van der Waals surface area contributed by atoms with Crippen molar-refractivity contribution in [3.05, 3.63) is 74.8 Å². The Bertz CT molecular complexity index is 1040. The Hall–Kier alpha value is -3.82. The lowest BCUT2D eigenvalue weighted by Crippen LogP contribution is -2.32. The van der Waals surface area contributed by atoms with E-state index in [1.54, 1.807) is 37.5 Å². The first-order chi connectivity index (χ1) is 13.0. The predicted octanol–water partition coefficient (Wildman–Crippen LogP) is 0.982. The number of pyridine rings is 1. The Morgan fingerprint density at radius 3 is 2.67 bits per heavy atom. The maximum absolute atomic E-state index is 12.3. The average molecular weight is 368 g/mol. The Morgan fingerprint density at radius 1 is 1.22 bits per heavy atom. The van der Waals surface area contributed by atoms with Crippen LogP contribution in [0.4, 0.5) is 5.69 Å². The van der Waals surface area contributed by atoms with Crippen molar-refractivity contribution in [3.8, 4) is 11.5 Å². The average Bonchev–Trinajstić information content (AvgIpc) is 2.97. The van der Waals surface area contributed by atoms with Crippen LogP contribution in [0.5, 0.6) is 0 Å². The number of carbonyl (C=O) groups excluding carboxylic acids is 1. The standard InChI is InChI=1S/C17H16N6O4/c1-21-15(13-7-4-5-9-18-13)20-22(17(21)25)11-10-19-16(24)12-6-2-3-8-14(12)23(26)27/h2-9H,10-11H2,1H3,(H,19,24). The molecule has 3 rings (SSSR count). The van der Waals surface area contributed by atoms with Gasteiger partial charge in [-0.15, -0.1) is 5.10 Å². The number of amides is 1. The molecular formula is C17H16N6O4. The first kappa shape index (κ1) is 18.0. The molecule has 10 heteroatoms. The van der Waals surface area contributed by atoms with Crippen LogP contribution >= 0.6 is 0 Å². The number of nitrogens with zero attached hydrogens (tertiary/aromatic N) is 5. The fraction of sp³-hybridized carbons (Fsp3) is 0.176. The zero-order valence-corrected chi connectivity index (χ0v) is 14.4. The maximum Gasteiger partial charge on any atom is 0.346 e. The Balaban J connectivity index is 1.71. The third kappa shape index (κ3) is 3.73. The van der Waals surface area contributed by atoms with Gasteiger partial charge in [0.1, 0.15) is 11.3 Å². The quantitative estimate of drug-likeness (QED) is 0.511. The minimum absolute atomic E-state index is 0.0370. The van der Waals surface area contributed by atoms with E-state index in [0.29, 0.717) is 11.5 Å². The highest BCUT2D eigenvalue weighted by Crippen LogP contribution is 2.17. The third-order valence-corrected chi connectivity index (χ3v) is 3.89. The van der Waals surface area contributed by atoms with E-state index in [-0.39, 0.29) is 30.0 Å². The number of rotatable bonds is 6. The molecule has 27 heavy (non-hydrogen) atoms. The smallest absolute Gasteiger partial charge is 0.346 e. The lowest BCUT2D eigenvalue weighted by atomic mass is 10.1. The molecule has 138 valence electrons. The van der Waals surface area contributed by atoms with E-state index in [4.69, 9.17) is 0 Å². The molecule has 0 saturated heterocycles. The van der Waals surface area contributed by atoms with Crippen molar-refractivity contribution < 1.29 is 9.72 Å². The molecule has 0 saturated carbocycles. The molecule has 0 aliphatic carbocycles. The Kier molecular flexibility index (Phi) is 5.06. The molecule has 2 heterocycles. The van der Waals surface area contributed by atoms with Gasteiger partial charge in [-0.3, -0.25) is 24.5 Å². The number of carbonyl (C=O) groups is 1. The molecule has 1 N–H and O–H groups in total. The fourth-order valence-corrected chi connectivity index (χ4v) is 2.55. The molecule has 10 nitrogen and oxygen atoms in total. The van der Waals surface area contributed by atoms with Crippen LogP contribution in [0.15, 0.2) is 53.5 Å². The van der Waals surface area contributed by atoms with Crippen molar-refractivity contribution >= 4 is 11.6 Å². The van der Waals surface area contributed by atoms with Gasteiger partial charge >= 0.3 is 5.69 Å². The van der Waals surface area contributed by atoms with Crippen molar-refractivity contribution in [2.24, 2.45) is 7.05 Å². The number of para-hydroxylation sites is 1. The van der Waals surface area contributed by atoms with Crippen LogP contribution in [0.2, 0.25) is 0 Å². The summed E-state index contributed by atoms with van der Waals surface area (Å²) in [6.45, 7) is 0.204. The number of benzene rings is 1. The zero-order valence-electron chi connectivity index (χ0n) is 14.4. The largest absolute Gasteiger partial charge is 0.350 e. The monoisotopic (exact) mass is 368 g/mol. The molecule has 0 unspecified atom stereocenters. The summed E-state index contributed by atoms with van der Waals surface area (Å²) in [4.78, 5) is 39.0. The van der Waals surface area contributed by atoms with E-state index in [9.17, 15) is 19.7 Å². The van der Waals surface area contributed by atoms with Gasteiger partial charge in [0.15, 0.2) is 5.82 Å². The van der Waals surface area contributed by atoms with Crippen molar-refractivity contribution in [1.29, 1.82) is 0 Å². The van der Waals surface area contributed by atoms with Crippen molar-refractivity contribution in [2.45, 2.75) is 6.54 Å². The molecule has 0 fully saturated rings. The summed E-state index contributed by atoms with van der Waals surface area (Å²) < 4.78 is 2.58. The van der Waals surface area contributed by atoms with Crippen LogP contribution in [0.25, 0.3) is 11.5 Å². The predicted molar refractivity (Wildman–Crippen MR) is 96.1 cm³/mol. The first-order valence-electron chi connectivity index (χ1n) is 8.06. The summed E-state index contributed by atoms with van der Waals surface area (Å²) in [6.07, 6.45) is 1.60. The van der Waals surface area contributed by atoms with Gasteiger partial charge in [0.05, 0.1) is 11.5 Å². The van der Waals surface area contributed by atoms with E-state index in [0.717, 1.165) is 0 Å². The highest BCUT2D eigenvalue weighted by molar-refractivity contribution is 5.98.